The Hall–Kier alpha value is -2.41. The normalized spacial score (nSPS) is 11.7. The zero-order valence-corrected chi connectivity index (χ0v) is 14.6. The summed E-state index contributed by atoms with van der Waals surface area (Å²) in [5, 5.41) is 7.34. The van der Waals surface area contributed by atoms with Crippen LogP contribution in [0.1, 0.15) is 24.8 Å². The van der Waals surface area contributed by atoms with Crippen molar-refractivity contribution >= 4 is 34.5 Å². The van der Waals surface area contributed by atoms with Gasteiger partial charge < -0.3 is 15.5 Å². The van der Waals surface area contributed by atoms with E-state index in [1.54, 1.807) is 23.3 Å². The summed E-state index contributed by atoms with van der Waals surface area (Å²) >= 11 is 1.59. The molecule has 0 spiro atoms. The van der Waals surface area contributed by atoms with Gasteiger partial charge in [-0.1, -0.05) is 6.07 Å². The molecular formula is C17H20FN3O2S. The zero-order valence-electron chi connectivity index (χ0n) is 13.8. The topological polar surface area (TPSA) is 61.4 Å². The first-order valence-corrected chi connectivity index (χ1v) is 8.36. The summed E-state index contributed by atoms with van der Waals surface area (Å²) in [6, 6.07) is 8.05. The van der Waals surface area contributed by atoms with Crippen LogP contribution >= 0.6 is 11.3 Å². The molecule has 2 N–H and O–H groups in total. The van der Waals surface area contributed by atoms with E-state index in [1.807, 2.05) is 24.4 Å². The van der Waals surface area contributed by atoms with Gasteiger partial charge in [0, 0.05) is 24.5 Å². The van der Waals surface area contributed by atoms with Crippen LogP contribution in [-0.2, 0) is 9.59 Å². The fraction of sp³-hybridized carbons (Fsp3) is 0.294. The van der Waals surface area contributed by atoms with E-state index in [9.17, 15) is 14.0 Å². The summed E-state index contributed by atoms with van der Waals surface area (Å²) < 4.78 is 13.8. The molecule has 1 aromatic carbocycles. The molecule has 1 atom stereocenters. The minimum Gasteiger partial charge on any atom is -0.374 e. The summed E-state index contributed by atoms with van der Waals surface area (Å²) in [4.78, 5) is 26.1. The number of hydrogen-bond donors (Lipinski definition) is 2. The number of anilines is 2. The van der Waals surface area contributed by atoms with Crippen molar-refractivity contribution in [3.05, 3.63) is 46.4 Å². The molecule has 1 aromatic heterocycles. The lowest BCUT2D eigenvalue weighted by Crippen LogP contribution is -2.34. The monoisotopic (exact) mass is 349 g/mol. The number of likely N-dealkylation sites (N-methyl/N-ethyl adjacent to an activating group) is 1. The largest absolute Gasteiger partial charge is 0.374 e. The fourth-order valence-corrected chi connectivity index (χ4v) is 3.00. The van der Waals surface area contributed by atoms with E-state index in [2.05, 4.69) is 10.6 Å². The number of carbonyl (C=O) groups excluding carboxylic acids is 2. The maximum absolute atomic E-state index is 13.8. The number of carbonyl (C=O) groups is 2. The van der Waals surface area contributed by atoms with Crippen molar-refractivity contribution < 1.29 is 14.0 Å². The average molecular weight is 349 g/mol. The Bertz CT molecular complexity index is 719. The van der Waals surface area contributed by atoms with Gasteiger partial charge in [-0.15, -0.1) is 11.3 Å². The van der Waals surface area contributed by atoms with Gasteiger partial charge in [-0.05, 0) is 36.6 Å². The molecule has 1 heterocycles. The molecule has 2 aromatic rings. The molecule has 1 unspecified atom stereocenters. The summed E-state index contributed by atoms with van der Waals surface area (Å²) in [5.41, 5.74) is 0.644. The van der Waals surface area contributed by atoms with E-state index < -0.39 is 5.82 Å². The Morgan fingerprint density at radius 2 is 2.08 bits per heavy atom. The molecule has 0 saturated heterocycles. The Morgan fingerprint density at radius 3 is 2.71 bits per heavy atom. The molecule has 0 aliphatic carbocycles. The van der Waals surface area contributed by atoms with E-state index in [-0.39, 0.29) is 30.1 Å². The zero-order chi connectivity index (χ0) is 17.7. The molecular weight excluding hydrogens is 329 g/mol. The highest BCUT2D eigenvalue weighted by molar-refractivity contribution is 7.10. The number of amides is 2. The first kappa shape index (κ1) is 17.9. The minimum absolute atomic E-state index is 0.0351. The minimum atomic E-state index is -0.481. The average Bonchev–Trinajstić information content (AvgIpc) is 3.07. The molecule has 0 aliphatic rings. The van der Waals surface area contributed by atoms with Crippen molar-refractivity contribution in [1.29, 1.82) is 0 Å². The van der Waals surface area contributed by atoms with Crippen LogP contribution < -0.4 is 10.6 Å². The molecule has 0 saturated carbocycles. The van der Waals surface area contributed by atoms with Crippen LogP contribution in [0, 0.1) is 5.82 Å². The first-order chi connectivity index (χ1) is 11.4. The number of hydrogen-bond acceptors (Lipinski definition) is 4. The van der Waals surface area contributed by atoms with E-state index in [4.69, 9.17) is 0 Å². The summed E-state index contributed by atoms with van der Waals surface area (Å²) in [5.74, 6) is -0.876. The van der Waals surface area contributed by atoms with Crippen molar-refractivity contribution in [2.45, 2.75) is 19.9 Å². The lowest BCUT2D eigenvalue weighted by Gasteiger charge is -2.24. The summed E-state index contributed by atoms with van der Waals surface area (Å²) in [6.07, 6.45) is 0. The van der Waals surface area contributed by atoms with Crippen LogP contribution in [0.4, 0.5) is 15.8 Å². The van der Waals surface area contributed by atoms with Gasteiger partial charge in [0.05, 0.1) is 18.3 Å². The number of thiophene rings is 1. The second-order valence-electron chi connectivity index (χ2n) is 5.43. The smallest absolute Gasteiger partial charge is 0.242 e. The van der Waals surface area contributed by atoms with E-state index >= 15 is 0 Å². The molecule has 0 bridgehead atoms. The lowest BCUT2D eigenvalue weighted by molar-refractivity contribution is -0.129. The van der Waals surface area contributed by atoms with Crippen LogP contribution in [0.3, 0.4) is 0 Å². The number of benzene rings is 1. The summed E-state index contributed by atoms with van der Waals surface area (Å²) in [6.45, 7) is 3.29. The van der Waals surface area contributed by atoms with Gasteiger partial charge in [-0.3, -0.25) is 9.59 Å². The van der Waals surface area contributed by atoms with Gasteiger partial charge in [-0.2, -0.15) is 0 Å². The summed E-state index contributed by atoms with van der Waals surface area (Å²) in [7, 11) is 1.72. The first-order valence-electron chi connectivity index (χ1n) is 7.48. The van der Waals surface area contributed by atoms with Crippen LogP contribution in [0.15, 0.2) is 35.7 Å². The van der Waals surface area contributed by atoms with E-state index in [0.717, 1.165) is 4.88 Å². The van der Waals surface area contributed by atoms with Gasteiger partial charge in [-0.25, -0.2) is 4.39 Å². The Morgan fingerprint density at radius 1 is 1.33 bits per heavy atom. The van der Waals surface area contributed by atoms with Gasteiger partial charge in [0.2, 0.25) is 11.8 Å². The highest BCUT2D eigenvalue weighted by atomic mass is 32.1. The van der Waals surface area contributed by atoms with Crippen LogP contribution in [0.2, 0.25) is 0 Å². The van der Waals surface area contributed by atoms with E-state index in [0.29, 0.717) is 5.69 Å². The molecule has 5 nitrogen and oxygen atoms in total. The second-order valence-corrected chi connectivity index (χ2v) is 6.40. The molecule has 2 amide bonds. The highest BCUT2D eigenvalue weighted by Gasteiger charge is 2.18. The third-order valence-electron chi connectivity index (χ3n) is 3.65. The number of rotatable bonds is 6. The number of halogens is 1. The Labute approximate surface area is 144 Å². The Kier molecular flexibility index (Phi) is 5.92. The van der Waals surface area contributed by atoms with Gasteiger partial charge >= 0.3 is 0 Å². The Balaban J connectivity index is 1.99. The van der Waals surface area contributed by atoms with Gasteiger partial charge in [0.25, 0.3) is 0 Å². The molecule has 2 rings (SSSR count). The number of nitrogens with one attached hydrogen (secondary N) is 2. The molecule has 128 valence electrons. The molecule has 7 heteroatoms. The number of nitrogens with zero attached hydrogens (tertiary/aromatic N) is 1. The van der Waals surface area contributed by atoms with Gasteiger partial charge in [0.15, 0.2) is 0 Å². The van der Waals surface area contributed by atoms with Crippen molar-refractivity contribution in [1.82, 2.24) is 4.90 Å². The molecule has 24 heavy (non-hydrogen) atoms. The van der Waals surface area contributed by atoms with Crippen LogP contribution in [-0.4, -0.2) is 30.3 Å². The quantitative estimate of drug-likeness (QED) is 0.839. The van der Waals surface area contributed by atoms with Crippen LogP contribution in [0.5, 0.6) is 0 Å². The maximum Gasteiger partial charge on any atom is 0.242 e. The van der Waals surface area contributed by atoms with Gasteiger partial charge in [0.1, 0.15) is 5.82 Å². The van der Waals surface area contributed by atoms with Crippen molar-refractivity contribution in [2.24, 2.45) is 0 Å². The van der Waals surface area contributed by atoms with Crippen molar-refractivity contribution in [2.75, 3.05) is 24.2 Å². The lowest BCUT2D eigenvalue weighted by atomic mass is 10.2. The van der Waals surface area contributed by atoms with Crippen molar-refractivity contribution in [3.8, 4) is 0 Å². The maximum atomic E-state index is 13.8. The standard InChI is InChI=1S/C17H20FN3O2S/c1-11(16-5-4-8-24-16)21(3)17(23)10-19-15-9-13(20-12(2)22)6-7-14(15)18/h4-9,11,19H,10H2,1-3H3,(H,20,22). The highest BCUT2D eigenvalue weighted by Crippen LogP contribution is 2.24. The SMILES string of the molecule is CC(=O)Nc1ccc(F)c(NCC(=O)N(C)C(C)c2cccs2)c1. The third-order valence-corrected chi connectivity index (χ3v) is 4.69. The fourth-order valence-electron chi connectivity index (χ4n) is 2.17. The molecule has 0 fully saturated rings. The van der Waals surface area contributed by atoms with E-state index in [1.165, 1.54) is 25.1 Å². The molecule has 0 radical (unpaired) electrons. The third kappa shape index (κ3) is 4.55. The second kappa shape index (κ2) is 7.92. The van der Waals surface area contributed by atoms with Crippen LogP contribution in [0.25, 0.3) is 0 Å². The van der Waals surface area contributed by atoms with Crippen molar-refractivity contribution in [3.63, 3.8) is 0 Å². The molecule has 0 aliphatic heterocycles. The predicted molar refractivity (Wildman–Crippen MR) is 94.7 cm³/mol. The predicted octanol–water partition coefficient (Wildman–Crippen LogP) is 3.48.